The molecule has 1 aliphatic rings. The number of hydrogen-bond acceptors (Lipinski definition) is 3. The standard InChI is InChI=1S/C15H22N2O2/c1-3-12-4-6-13(7-5-12)14(15(18)19)17-10-8-16(2)9-11-17/h4-7,14H,3,8-11H2,1-2H3,(H,18,19). The van der Waals surface area contributed by atoms with Crippen LogP contribution < -0.4 is 0 Å². The highest BCUT2D eigenvalue weighted by Gasteiger charge is 2.29. The zero-order valence-electron chi connectivity index (χ0n) is 11.7. The van der Waals surface area contributed by atoms with E-state index >= 15 is 0 Å². The smallest absolute Gasteiger partial charge is 0.325 e. The van der Waals surface area contributed by atoms with Gasteiger partial charge in [0, 0.05) is 26.2 Å². The van der Waals surface area contributed by atoms with Crippen molar-refractivity contribution in [2.24, 2.45) is 0 Å². The fourth-order valence-corrected chi connectivity index (χ4v) is 2.53. The van der Waals surface area contributed by atoms with Gasteiger partial charge in [0.1, 0.15) is 6.04 Å². The molecule has 0 spiro atoms. The summed E-state index contributed by atoms with van der Waals surface area (Å²) < 4.78 is 0. The molecule has 0 radical (unpaired) electrons. The predicted octanol–water partition coefficient (Wildman–Crippen LogP) is 1.62. The summed E-state index contributed by atoms with van der Waals surface area (Å²) in [5.41, 5.74) is 2.13. The molecular weight excluding hydrogens is 240 g/mol. The minimum absolute atomic E-state index is 0.514. The number of aryl methyl sites for hydroxylation is 1. The van der Waals surface area contributed by atoms with Crippen molar-refractivity contribution in [3.63, 3.8) is 0 Å². The number of nitrogens with zero attached hydrogens (tertiary/aromatic N) is 2. The van der Waals surface area contributed by atoms with E-state index in [1.54, 1.807) is 0 Å². The van der Waals surface area contributed by atoms with Gasteiger partial charge in [0.25, 0.3) is 0 Å². The third-order valence-corrected chi connectivity index (χ3v) is 3.84. The lowest BCUT2D eigenvalue weighted by Crippen LogP contribution is -2.47. The van der Waals surface area contributed by atoms with Gasteiger partial charge in [0.2, 0.25) is 0 Å². The Morgan fingerprint density at radius 1 is 1.21 bits per heavy atom. The summed E-state index contributed by atoms with van der Waals surface area (Å²) in [7, 11) is 2.07. The molecule has 0 aromatic heterocycles. The number of benzene rings is 1. The Morgan fingerprint density at radius 3 is 2.26 bits per heavy atom. The van der Waals surface area contributed by atoms with Crippen LogP contribution in [-0.4, -0.2) is 54.1 Å². The van der Waals surface area contributed by atoms with Crippen molar-refractivity contribution < 1.29 is 9.90 Å². The Bertz CT molecular complexity index is 422. The van der Waals surface area contributed by atoms with Crippen LogP contribution in [0.4, 0.5) is 0 Å². The Kier molecular flexibility index (Phi) is 4.56. The highest BCUT2D eigenvalue weighted by Crippen LogP contribution is 2.23. The average molecular weight is 262 g/mol. The minimum Gasteiger partial charge on any atom is -0.480 e. The second kappa shape index (κ2) is 6.17. The molecule has 0 saturated carbocycles. The van der Waals surface area contributed by atoms with Gasteiger partial charge in [-0.1, -0.05) is 31.2 Å². The van der Waals surface area contributed by atoms with Crippen LogP contribution in [0.3, 0.4) is 0 Å². The van der Waals surface area contributed by atoms with Crippen molar-refractivity contribution >= 4 is 5.97 Å². The van der Waals surface area contributed by atoms with E-state index in [9.17, 15) is 9.90 Å². The fourth-order valence-electron chi connectivity index (χ4n) is 2.53. The molecule has 1 aromatic rings. The number of likely N-dealkylation sites (N-methyl/N-ethyl adjacent to an activating group) is 1. The highest BCUT2D eigenvalue weighted by molar-refractivity contribution is 5.75. The number of carboxylic acid groups (broad SMARTS) is 1. The molecule has 1 N–H and O–H groups in total. The molecule has 1 heterocycles. The molecular formula is C15H22N2O2. The van der Waals surface area contributed by atoms with Crippen molar-refractivity contribution in [1.29, 1.82) is 0 Å². The van der Waals surface area contributed by atoms with Crippen molar-refractivity contribution in [3.05, 3.63) is 35.4 Å². The van der Waals surface area contributed by atoms with Crippen LogP contribution in [0, 0.1) is 0 Å². The topological polar surface area (TPSA) is 43.8 Å². The summed E-state index contributed by atoms with van der Waals surface area (Å²) in [5, 5.41) is 9.52. The van der Waals surface area contributed by atoms with Crippen LogP contribution in [-0.2, 0) is 11.2 Å². The molecule has 4 heteroatoms. The SMILES string of the molecule is CCc1ccc(C(C(=O)O)N2CCN(C)CC2)cc1. The number of aliphatic carboxylic acids is 1. The van der Waals surface area contributed by atoms with Crippen LogP contribution in [0.2, 0.25) is 0 Å². The van der Waals surface area contributed by atoms with Gasteiger partial charge in [-0.3, -0.25) is 9.69 Å². The third-order valence-electron chi connectivity index (χ3n) is 3.84. The van der Waals surface area contributed by atoms with E-state index in [1.165, 1.54) is 5.56 Å². The molecule has 1 aliphatic heterocycles. The van der Waals surface area contributed by atoms with Gasteiger partial charge < -0.3 is 10.0 Å². The molecule has 1 fully saturated rings. The molecule has 1 unspecified atom stereocenters. The summed E-state index contributed by atoms with van der Waals surface area (Å²) in [6.45, 7) is 5.57. The fraction of sp³-hybridized carbons (Fsp3) is 0.533. The van der Waals surface area contributed by atoms with Gasteiger partial charge in [-0.2, -0.15) is 0 Å². The van der Waals surface area contributed by atoms with Gasteiger partial charge in [-0.25, -0.2) is 0 Å². The van der Waals surface area contributed by atoms with E-state index in [0.717, 1.165) is 38.2 Å². The first kappa shape index (κ1) is 14.0. The van der Waals surface area contributed by atoms with Gasteiger partial charge in [0.15, 0.2) is 0 Å². The quantitative estimate of drug-likeness (QED) is 0.895. The van der Waals surface area contributed by atoms with Gasteiger partial charge in [-0.15, -0.1) is 0 Å². The number of hydrogen-bond donors (Lipinski definition) is 1. The van der Waals surface area contributed by atoms with E-state index in [-0.39, 0.29) is 0 Å². The van der Waals surface area contributed by atoms with E-state index < -0.39 is 12.0 Å². The lowest BCUT2D eigenvalue weighted by Gasteiger charge is -2.36. The Balaban J connectivity index is 2.17. The summed E-state index contributed by atoms with van der Waals surface area (Å²) in [6, 6.07) is 7.45. The van der Waals surface area contributed by atoms with Crippen molar-refractivity contribution in [2.45, 2.75) is 19.4 Å². The lowest BCUT2D eigenvalue weighted by atomic mass is 10.0. The van der Waals surface area contributed by atoms with Crippen molar-refractivity contribution in [2.75, 3.05) is 33.2 Å². The normalized spacial score (nSPS) is 19.3. The van der Waals surface area contributed by atoms with Crippen molar-refractivity contribution in [3.8, 4) is 0 Å². The third kappa shape index (κ3) is 3.33. The molecule has 1 atom stereocenters. The molecule has 2 rings (SSSR count). The zero-order valence-corrected chi connectivity index (χ0v) is 11.7. The molecule has 104 valence electrons. The van der Waals surface area contributed by atoms with Crippen molar-refractivity contribution in [1.82, 2.24) is 9.80 Å². The zero-order chi connectivity index (χ0) is 13.8. The van der Waals surface area contributed by atoms with E-state index in [2.05, 4.69) is 23.8 Å². The van der Waals surface area contributed by atoms with Gasteiger partial charge in [0.05, 0.1) is 0 Å². The van der Waals surface area contributed by atoms with Crippen LogP contribution in [0.5, 0.6) is 0 Å². The van der Waals surface area contributed by atoms with E-state index in [1.807, 2.05) is 24.3 Å². The number of rotatable bonds is 4. The molecule has 1 saturated heterocycles. The largest absolute Gasteiger partial charge is 0.480 e. The summed E-state index contributed by atoms with van der Waals surface area (Å²) >= 11 is 0. The average Bonchev–Trinajstić information content (AvgIpc) is 2.42. The first-order chi connectivity index (χ1) is 9.11. The lowest BCUT2D eigenvalue weighted by molar-refractivity contribution is -0.144. The predicted molar refractivity (Wildman–Crippen MR) is 75.3 cm³/mol. The molecule has 1 aromatic carbocycles. The summed E-state index contributed by atoms with van der Waals surface area (Å²) in [4.78, 5) is 15.9. The maximum Gasteiger partial charge on any atom is 0.325 e. The van der Waals surface area contributed by atoms with Crippen LogP contribution in [0.15, 0.2) is 24.3 Å². The van der Waals surface area contributed by atoms with Gasteiger partial charge >= 0.3 is 5.97 Å². The maximum atomic E-state index is 11.6. The summed E-state index contributed by atoms with van der Waals surface area (Å²) in [5.74, 6) is -0.756. The van der Waals surface area contributed by atoms with Crippen LogP contribution in [0.1, 0.15) is 24.1 Å². The van der Waals surface area contributed by atoms with Crippen LogP contribution >= 0.6 is 0 Å². The minimum atomic E-state index is -0.756. The van der Waals surface area contributed by atoms with E-state index in [4.69, 9.17) is 0 Å². The van der Waals surface area contributed by atoms with Gasteiger partial charge in [-0.05, 0) is 24.6 Å². The molecule has 0 aliphatic carbocycles. The second-order valence-electron chi connectivity index (χ2n) is 5.18. The second-order valence-corrected chi connectivity index (χ2v) is 5.18. The molecule has 4 nitrogen and oxygen atoms in total. The summed E-state index contributed by atoms with van der Waals surface area (Å²) in [6.07, 6.45) is 0.979. The monoisotopic (exact) mass is 262 g/mol. The number of carbonyl (C=O) groups is 1. The highest BCUT2D eigenvalue weighted by atomic mass is 16.4. The van der Waals surface area contributed by atoms with E-state index in [0.29, 0.717) is 0 Å². The molecule has 0 amide bonds. The molecule has 0 bridgehead atoms. The Morgan fingerprint density at radius 2 is 1.79 bits per heavy atom. The number of carboxylic acids is 1. The Labute approximate surface area is 114 Å². The number of piperazine rings is 1. The first-order valence-electron chi connectivity index (χ1n) is 6.86. The first-order valence-corrected chi connectivity index (χ1v) is 6.86. The van der Waals surface area contributed by atoms with Crippen LogP contribution in [0.25, 0.3) is 0 Å². The maximum absolute atomic E-state index is 11.6. The molecule has 19 heavy (non-hydrogen) atoms. The Hall–Kier alpha value is -1.39.